The van der Waals surface area contributed by atoms with E-state index in [2.05, 4.69) is 10.7 Å². The monoisotopic (exact) mass is 290 g/mol. The molecular formula is C13H14N4O4. The van der Waals surface area contributed by atoms with Crippen LogP contribution in [0.3, 0.4) is 0 Å². The molecule has 3 rings (SSSR count). The van der Waals surface area contributed by atoms with Gasteiger partial charge in [0.1, 0.15) is 5.54 Å². The van der Waals surface area contributed by atoms with Gasteiger partial charge in [-0.15, -0.1) is 0 Å². The van der Waals surface area contributed by atoms with Crippen LogP contribution in [0.5, 0.6) is 0 Å². The number of carbonyl (C=O) groups excluding carboxylic acids is 2. The number of anilines is 1. The van der Waals surface area contributed by atoms with Crippen LogP contribution in [-0.2, 0) is 4.79 Å². The molecule has 1 aliphatic heterocycles. The van der Waals surface area contributed by atoms with Crippen molar-refractivity contribution in [2.24, 2.45) is 5.41 Å². The number of urea groups is 1. The summed E-state index contributed by atoms with van der Waals surface area (Å²) in [7, 11) is 0. The number of carbonyl (C=O) groups is 2. The third-order valence-electron chi connectivity index (χ3n) is 4.15. The van der Waals surface area contributed by atoms with Gasteiger partial charge in [0.05, 0.1) is 10.6 Å². The van der Waals surface area contributed by atoms with Gasteiger partial charge in [-0.3, -0.25) is 20.3 Å². The van der Waals surface area contributed by atoms with Crippen molar-refractivity contribution in [1.29, 1.82) is 0 Å². The van der Waals surface area contributed by atoms with Crippen LogP contribution in [0.1, 0.15) is 20.3 Å². The Morgan fingerprint density at radius 3 is 2.29 bits per heavy atom. The number of hydrogen-bond acceptors (Lipinski definition) is 5. The Bertz CT molecular complexity index is 655. The van der Waals surface area contributed by atoms with Gasteiger partial charge in [0.15, 0.2) is 0 Å². The van der Waals surface area contributed by atoms with E-state index >= 15 is 0 Å². The minimum atomic E-state index is -0.822. The van der Waals surface area contributed by atoms with E-state index in [1.54, 1.807) is 0 Å². The van der Waals surface area contributed by atoms with E-state index in [0.717, 1.165) is 5.01 Å². The molecule has 1 aromatic rings. The fourth-order valence-corrected chi connectivity index (χ4v) is 2.66. The van der Waals surface area contributed by atoms with Gasteiger partial charge in [0.25, 0.3) is 11.6 Å². The summed E-state index contributed by atoms with van der Waals surface area (Å²) < 4.78 is 0. The van der Waals surface area contributed by atoms with Crippen LogP contribution < -0.4 is 10.7 Å². The van der Waals surface area contributed by atoms with Crippen LogP contribution in [-0.4, -0.2) is 27.4 Å². The number of rotatable bonds is 3. The average molecular weight is 290 g/mol. The number of non-ortho nitro benzene ring substituents is 1. The Hall–Kier alpha value is -2.64. The second-order valence-electron chi connectivity index (χ2n) is 5.95. The molecule has 2 N–H and O–H groups in total. The molecule has 1 atom stereocenters. The van der Waals surface area contributed by atoms with Crippen molar-refractivity contribution in [3.63, 3.8) is 0 Å². The van der Waals surface area contributed by atoms with Crippen molar-refractivity contribution in [3.05, 3.63) is 34.4 Å². The summed E-state index contributed by atoms with van der Waals surface area (Å²) in [5.74, 6) is -0.323. The summed E-state index contributed by atoms with van der Waals surface area (Å²) in [5.41, 5.74) is 1.98. The van der Waals surface area contributed by atoms with Crippen LogP contribution in [0.25, 0.3) is 0 Å². The van der Waals surface area contributed by atoms with Gasteiger partial charge in [-0.25, -0.2) is 4.79 Å². The van der Waals surface area contributed by atoms with Crippen LogP contribution in [0.2, 0.25) is 0 Å². The van der Waals surface area contributed by atoms with Gasteiger partial charge < -0.3 is 5.32 Å². The van der Waals surface area contributed by atoms with Crippen molar-refractivity contribution < 1.29 is 14.5 Å². The molecule has 1 aliphatic carbocycles. The third kappa shape index (κ3) is 1.83. The molecule has 1 saturated carbocycles. The minimum absolute atomic E-state index is 0.0578. The van der Waals surface area contributed by atoms with Gasteiger partial charge in [-0.2, -0.15) is 5.01 Å². The summed E-state index contributed by atoms with van der Waals surface area (Å²) in [4.78, 5) is 34.4. The lowest BCUT2D eigenvalue weighted by Crippen LogP contribution is -2.38. The predicted octanol–water partition coefficient (Wildman–Crippen LogP) is 1.64. The SMILES string of the molecule is CC1(C)CC12NC(=O)N(Nc1ccc([N+](=O)[O-])cc1)C2=O. The molecule has 1 saturated heterocycles. The predicted molar refractivity (Wildman–Crippen MR) is 73.2 cm³/mol. The maximum Gasteiger partial charge on any atom is 0.344 e. The molecule has 0 radical (unpaired) electrons. The Kier molecular flexibility index (Phi) is 2.50. The molecule has 1 aromatic carbocycles. The third-order valence-corrected chi connectivity index (χ3v) is 4.15. The number of nitro groups is 1. The van der Waals surface area contributed by atoms with Crippen LogP contribution in [0, 0.1) is 15.5 Å². The second kappa shape index (κ2) is 3.94. The highest BCUT2D eigenvalue weighted by molar-refractivity contribution is 6.10. The fourth-order valence-electron chi connectivity index (χ4n) is 2.66. The van der Waals surface area contributed by atoms with E-state index in [1.807, 2.05) is 13.8 Å². The molecule has 8 heteroatoms. The van der Waals surface area contributed by atoms with E-state index in [9.17, 15) is 19.7 Å². The smallest absolute Gasteiger partial charge is 0.321 e. The first kappa shape index (κ1) is 13.3. The molecule has 2 fully saturated rings. The van der Waals surface area contributed by atoms with Crippen molar-refractivity contribution in [1.82, 2.24) is 10.3 Å². The van der Waals surface area contributed by atoms with Gasteiger partial charge in [0.2, 0.25) is 0 Å². The Morgan fingerprint density at radius 1 is 1.29 bits per heavy atom. The number of nitrogens with zero attached hydrogens (tertiary/aromatic N) is 2. The zero-order valence-electron chi connectivity index (χ0n) is 11.5. The molecule has 110 valence electrons. The first-order valence-corrected chi connectivity index (χ1v) is 6.45. The van der Waals surface area contributed by atoms with Gasteiger partial charge in [0, 0.05) is 12.1 Å². The van der Waals surface area contributed by atoms with Crippen LogP contribution in [0.4, 0.5) is 16.2 Å². The number of imide groups is 1. The quantitative estimate of drug-likeness (QED) is 0.500. The molecule has 21 heavy (non-hydrogen) atoms. The minimum Gasteiger partial charge on any atom is -0.321 e. The fraction of sp³-hybridized carbons (Fsp3) is 0.385. The van der Waals surface area contributed by atoms with Crippen molar-refractivity contribution in [2.75, 3.05) is 5.43 Å². The molecule has 3 amide bonds. The zero-order chi connectivity index (χ0) is 15.4. The topological polar surface area (TPSA) is 105 Å². The van der Waals surface area contributed by atoms with E-state index in [4.69, 9.17) is 0 Å². The largest absolute Gasteiger partial charge is 0.344 e. The van der Waals surface area contributed by atoms with Crippen LogP contribution >= 0.6 is 0 Å². The first-order valence-electron chi connectivity index (χ1n) is 6.45. The molecule has 1 unspecified atom stereocenters. The average Bonchev–Trinajstić information content (AvgIpc) is 2.89. The summed E-state index contributed by atoms with van der Waals surface area (Å²) in [6.07, 6.45) is 0.600. The van der Waals surface area contributed by atoms with E-state index in [0.29, 0.717) is 12.1 Å². The van der Waals surface area contributed by atoms with Gasteiger partial charge in [-0.05, 0) is 24.0 Å². The molecular weight excluding hydrogens is 276 g/mol. The number of nitrogens with one attached hydrogen (secondary N) is 2. The lowest BCUT2D eigenvalue weighted by Gasteiger charge is -2.16. The maximum atomic E-state index is 12.4. The Balaban J connectivity index is 1.78. The standard InChI is InChI=1S/C13H14N4O4/c1-12(2)7-13(12)10(18)16(11(19)14-13)15-8-3-5-9(6-4-8)17(20)21/h3-6,15H,7H2,1-2H3,(H,14,19). The van der Waals surface area contributed by atoms with E-state index < -0.39 is 16.5 Å². The summed E-state index contributed by atoms with van der Waals surface area (Å²) in [6.45, 7) is 3.83. The van der Waals surface area contributed by atoms with Gasteiger partial charge >= 0.3 is 6.03 Å². The van der Waals surface area contributed by atoms with E-state index in [1.165, 1.54) is 24.3 Å². The highest BCUT2D eigenvalue weighted by Gasteiger charge is 2.72. The summed E-state index contributed by atoms with van der Waals surface area (Å²) >= 11 is 0. The summed E-state index contributed by atoms with van der Waals surface area (Å²) in [5, 5.41) is 14.2. The molecule has 8 nitrogen and oxygen atoms in total. The maximum absolute atomic E-state index is 12.4. The molecule has 1 heterocycles. The number of hydrazine groups is 1. The first-order chi connectivity index (χ1) is 9.77. The molecule has 1 spiro atoms. The van der Waals surface area contributed by atoms with Gasteiger partial charge in [-0.1, -0.05) is 13.8 Å². The highest BCUT2D eigenvalue weighted by Crippen LogP contribution is 2.58. The number of nitro benzene ring substituents is 1. The second-order valence-corrected chi connectivity index (χ2v) is 5.95. The highest BCUT2D eigenvalue weighted by atomic mass is 16.6. The lowest BCUT2D eigenvalue weighted by molar-refractivity contribution is -0.384. The summed E-state index contributed by atoms with van der Waals surface area (Å²) in [6, 6.07) is 4.99. The Morgan fingerprint density at radius 2 is 1.86 bits per heavy atom. The Labute approximate surface area is 120 Å². The zero-order valence-corrected chi connectivity index (χ0v) is 11.5. The number of hydrogen-bond donors (Lipinski definition) is 2. The number of benzene rings is 1. The van der Waals surface area contributed by atoms with Crippen molar-refractivity contribution >= 4 is 23.3 Å². The molecule has 2 aliphatic rings. The number of amides is 3. The normalized spacial score (nSPS) is 25.9. The van der Waals surface area contributed by atoms with Crippen LogP contribution in [0.15, 0.2) is 24.3 Å². The van der Waals surface area contributed by atoms with E-state index in [-0.39, 0.29) is 17.0 Å². The molecule has 0 aromatic heterocycles. The lowest BCUT2D eigenvalue weighted by atomic mass is 10.1. The molecule has 0 bridgehead atoms. The van der Waals surface area contributed by atoms with Crippen molar-refractivity contribution in [3.8, 4) is 0 Å². The van der Waals surface area contributed by atoms with Crippen molar-refractivity contribution in [2.45, 2.75) is 25.8 Å².